The quantitative estimate of drug-likeness (QED) is 0.869. The van der Waals surface area contributed by atoms with Gasteiger partial charge < -0.3 is 4.74 Å². The third-order valence-electron chi connectivity index (χ3n) is 1.97. The average molecular weight is 234 g/mol. The highest BCUT2D eigenvalue weighted by atomic mass is 32.1. The number of benzene rings is 1. The van der Waals surface area contributed by atoms with Gasteiger partial charge >= 0.3 is 6.09 Å². The molecule has 1 aromatic heterocycles. The summed E-state index contributed by atoms with van der Waals surface area (Å²) in [7, 11) is 1.32. The molecule has 2 rings (SSSR count). The number of hydrogen-bond donors (Lipinski definition) is 1. The van der Waals surface area contributed by atoms with E-state index in [0.717, 1.165) is 11.3 Å². The second-order valence-corrected chi connectivity index (χ2v) is 3.88. The van der Waals surface area contributed by atoms with Crippen molar-refractivity contribution in [2.75, 3.05) is 12.4 Å². The highest BCUT2D eigenvalue weighted by Crippen LogP contribution is 2.24. The topological polar surface area (TPSA) is 51.2 Å². The van der Waals surface area contributed by atoms with E-state index in [2.05, 4.69) is 15.0 Å². The molecule has 82 valence electrons. The Bertz CT molecular complexity index is 482. The van der Waals surface area contributed by atoms with Crippen molar-refractivity contribution in [1.82, 2.24) is 4.98 Å². The molecule has 1 heterocycles. The molecule has 0 fully saturated rings. The first kappa shape index (κ1) is 10.6. The Morgan fingerprint density at radius 2 is 2.12 bits per heavy atom. The Kier molecular flexibility index (Phi) is 3.16. The van der Waals surface area contributed by atoms with Crippen LogP contribution in [0.5, 0.6) is 0 Å². The Morgan fingerprint density at radius 1 is 1.38 bits per heavy atom. The van der Waals surface area contributed by atoms with Crippen molar-refractivity contribution in [3.63, 3.8) is 0 Å². The number of aromatic nitrogens is 1. The molecule has 0 spiro atoms. The van der Waals surface area contributed by atoms with E-state index in [0.29, 0.717) is 5.13 Å². The fourth-order valence-electron chi connectivity index (χ4n) is 1.21. The predicted octanol–water partition coefficient (Wildman–Crippen LogP) is 2.99. The van der Waals surface area contributed by atoms with Crippen LogP contribution in [0.4, 0.5) is 9.93 Å². The number of carbonyl (C=O) groups excluding carboxylic acids is 1. The molecule has 2 aromatic rings. The maximum atomic E-state index is 11.0. The van der Waals surface area contributed by atoms with Gasteiger partial charge in [0.1, 0.15) is 0 Å². The summed E-state index contributed by atoms with van der Waals surface area (Å²) in [5.74, 6) is 0. The normalized spacial score (nSPS) is 9.81. The van der Waals surface area contributed by atoms with E-state index in [4.69, 9.17) is 0 Å². The Morgan fingerprint density at radius 3 is 2.81 bits per heavy atom. The van der Waals surface area contributed by atoms with Gasteiger partial charge in [0.15, 0.2) is 5.13 Å². The Balaban J connectivity index is 2.17. The number of methoxy groups -OCH3 is 1. The summed E-state index contributed by atoms with van der Waals surface area (Å²) in [6.07, 6.45) is -0.506. The summed E-state index contributed by atoms with van der Waals surface area (Å²) >= 11 is 1.37. The molecule has 0 saturated heterocycles. The van der Waals surface area contributed by atoms with Gasteiger partial charge in [0, 0.05) is 10.9 Å². The third-order valence-corrected chi connectivity index (χ3v) is 2.73. The average Bonchev–Trinajstić information content (AvgIpc) is 2.78. The van der Waals surface area contributed by atoms with Gasteiger partial charge in [0.05, 0.1) is 12.8 Å². The van der Waals surface area contributed by atoms with E-state index in [1.807, 2.05) is 35.7 Å². The number of nitrogens with zero attached hydrogens (tertiary/aromatic N) is 1. The zero-order valence-corrected chi connectivity index (χ0v) is 9.45. The maximum Gasteiger partial charge on any atom is 0.413 e. The number of hydrogen-bond acceptors (Lipinski definition) is 4. The van der Waals surface area contributed by atoms with Crippen molar-refractivity contribution < 1.29 is 9.53 Å². The van der Waals surface area contributed by atoms with E-state index in [-0.39, 0.29) is 0 Å². The standard InChI is InChI=1S/C11H10N2O2S/c1-15-11(14)13-10-12-9(7-16-10)8-5-3-2-4-6-8/h2-7H,1H3,(H,12,13,14). The first-order valence-corrected chi connectivity index (χ1v) is 5.53. The molecule has 0 unspecified atom stereocenters. The Labute approximate surface area is 96.9 Å². The highest BCUT2D eigenvalue weighted by Gasteiger charge is 2.06. The minimum atomic E-state index is -0.506. The van der Waals surface area contributed by atoms with Gasteiger partial charge in [0.2, 0.25) is 0 Å². The molecule has 0 saturated carbocycles. The second-order valence-electron chi connectivity index (χ2n) is 3.02. The van der Waals surface area contributed by atoms with E-state index in [1.165, 1.54) is 18.4 Å². The second kappa shape index (κ2) is 4.76. The van der Waals surface area contributed by atoms with Crippen molar-refractivity contribution in [2.24, 2.45) is 0 Å². The first-order valence-electron chi connectivity index (χ1n) is 4.65. The molecule has 16 heavy (non-hydrogen) atoms. The maximum absolute atomic E-state index is 11.0. The molecule has 0 bridgehead atoms. The fourth-order valence-corrected chi connectivity index (χ4v) is 1.92. The van der Waals surface area contributed by atoms with E-state index >= 15 is 0 Å². The number of carbonyl (C=O) groups is 1. The van der Waals surface area contributed by atoms with Crippen LogP contribution in [0.1, 0.15) is 0 Å². The molecule has 0 aliphatic carbocycles. The zero-order chi connectivity index (χ0) is 11.4. The van der Waals surface area contributed by atoms with Crippen molar-refractivity contribution in [1.29, 1.82) is 0 Å². The summed E-state index contributed by atoms with van der Waals surface area (Å²) in [5, 5.41) is 4.95. The number of ether oxygens (including phenoxy) is 1. The van der Waals surface area contributed by atoms with Crippen LogP contribution in [0.3, 0.4) is 0 Å². The summed E-state index contributed by atoms with van der Waals surface area (Å²) in [6.45, 7) is 0. The van der Waals surface area contributed by atoms with E-state index in [9.17, 15) is 4.79 Å². The lowest BCUT2D eigenvalue weighted by Crippen LogP contribution is -2.10. The van der Waals surface area contributed by atoms with Gasteiger partial charge in [-0.3, -0.25) is 5.32 Å². The SMILES string of the molecule is COC(=O)Nc1nc(-c2ccccc2)cs1. The van der Waals surface area contributed by atoms with Crippen molar-refractivity contribution >= 4 is 22.6 Å². The van der Waals surface area contributed by atoms with Crippen LogP contribution in [0.25, 0.3) is 11.3 Å². The number of nitrogens with one attached hydrogen (secondary N) is 1. The highest BCUT2D eigenvalue weighted by molar-refractivity contribution is 7.14. The van der Waals surface area contributed by atoms with Gasteiger partial charge in [-0.05, 0) is 0 Å². The molecule has 0 aliphatic heterocycles. The summed E-state index contributed by atoms with van der Waals surface area (Å²) in [6, 6.07) is 9.78. The smallest absolute Gasteiger partial charge is 0.413 e. The van der Waals surface area contributed by atoms with Crippen molar-refractivity contribution in [3.05, 3.63) is 35.7 Å². The zero-order valence-electron chi connectivity index (χ0n) is 8.64. The lowest BCUT2D eigenvalue weighted by atomic mass is 10.2. The molecule has 1 aromatic carbocycles. The van der Waals surface area contributed by atoms with Crippen LogP contribution in [0.2, 0.25) is 0 Å². The summed E-state index contributed by atoms with van der Waals surface area (Å²) < 4.78 is 4.49. The monoisotopic (exact) mass is 234 g/mol. The van der Waals surface area contributed by atoms with Gasteiger partial charge in [-0.2, -0.15) is 0 Å². The van der Waals surface area contributed by atoms with Gasteiger partial charge in [0.25, 0.3) is 0 Å². The van der Waals surface area contributed by atoms with Crippen LogP contribution >= 0.6 is 11.3 Å². The molecule has 5 heteroatoms. The van der Waals surface area contributed by atoms with Crippen molar-refractivity contribution in [3.8, 4) is 11.3 Å². The predicted molar refractivity (Wildman–Crippen MR) is 63.6 cm³/mol. The number of amides is 1. The van der Waals surface area contributed by atoms with Gasteiger partial charge in [-0.1, -0.05) is 30.3 Å². The fraction of sp³-hybridized carbons (Fsp3) is 0.0909. The number of thiazole rings is 1. The van der Waals surface area contributed by atoms with Crippen molar-refractivity contribution in [2.45, 2.75) is 0 Å². The van der Waals surface area contributed by atoms with Gasteiger partial charge in [-0.15, -0.1) is 11.3 Å². The number of rotatable bonds is 2. The van der Waals surface area contributed by atoms with E-state index < -0.39 is 6.09 Å². The van der Waals surface area contributed by atoms with E-state index in [1.54, 1.807) is 0 Å². The Hall–Kier alpha value is -1.88. The van der Waals surface area contributed by atoms with Crippen LogP contribution in [-0.4, -0.2) is 18.2 Å². The lowest BCUT2D eigenvalue weighted by Gasteiger charge is -1.97. The first-order chi connectivity index (χ1) is 7.79. The summed E-state index contributed by atoms with van der Waals surface area (Å²) in [4.78, 5) is 15.2. The molecule has 0 atom stereocenters. The molecule has 4 nitrogen and oxygen atoms in total. The third kappa shape index (κ3) is 2.38. The minimum Gasteiger partial charge on any atom is -0.453 e. The molecule has 1 amide bonds. The lowest BCUT2D eigenvalue weighted by molar-refractivity contribution is 0.187. The van der Waals surface area contributed by atoms with Crippen LogP contribution < -0.4 is 5.32 Å². The molecule has 0 radical (unpaired) electrons. The minimum absolute atomic E-state index is 0.506. The summed E-state index contributed by atoms with van der Waals surface area (Å²) in [5.41, 5.74) is 1.87. The van der Waals surface area contributed by atoms with Crippen LogP contribution in [-0.2, 0) is 4.74 Å². The molecular weight excluding hydrogens is 224 g/mol. The molecule has 0 aliphatic rings. The largest absolute Gasteiger partial charge is 0.453 e. The number of anilines is 1. The van der Waals surface area contributed by atoms with Gasteiger partial charge in [-0.25, -0.2) is 9.78 Å². The van der Waals surface area contributed by atoms with Crippen LogP contribution in [0.15, 0.2) is 35.7 Å². The molecular formula is C11H10N2O2S. The van der Waals surface area contributed by atoms with Crippen LogP contribution in [0, 0.1) is 0 Å². The molecule has 1 N–H and O–H groups in total.